The fourth-order valence-corrected chi connectivity index (χ4v) is 3.66. The second-order valence-electron chi connectivity index (χ2n) is 5.43. The van der Waals surface area contributed by atoms with Gasteiger partial charge in [0.25, 0.3) is 0 Å². The number of rotatable bonds is 3. The molecule has 0 aliphatic carbocycles. The van der Waals surface area contributed by atoms with Crippen molar-refractivity contribution in [2.45, 2.75) is 25.2 Å². The minimum absolute atomic E-state index is 0.0341. The second kappa shape index (κ2) is 5.34. The highest BCUT2D eigenvalue weighted by molar-refractivity contribution is 14.1. The molecule has 2 aromatic heterocycles. The Morgan fingerprint density at radius 3 is 2.81 bits per heavy atom. The zero-order chi connectivity index (χ0) is 15.2. The molecule has 4 N–H and O–H groups in total. The first-order chi connectivity index (χ1) is 10.0. The molecule has 0 bridgehead atoms. The molecule has 3 rings (SSSR count). The van der Waals surface area contributed by atoms with Crippen LogP contribution in [0.3, 0.4) is 0 Å². The molecule has 8 heteroatoms. The molecule has 0 saturated carbocycles. The van der Waals surface area contributed by atoms with Crippen LogP contribution in [0.2, 0.25) is 0 Å². The van der Waals surface area contributed by atoms with Gasteiger partial charge in [-0.2, -0.15) is 0 Å². The Morgan fingerprint density at radius 1 is 1.48 bits per heavy atom. The van der Waals surface area contributed by atoms with E-state index in [2.05, 4.69) is 32.6 Å². The monoisotopic (exact) mass is 404 g/mol. The first-order valence-corrected chi connectivity index (χ1v) is 7.76. The summed E-state index contributed by atoms with van der Waals surface area (Å²) in [7, 11) is 0. The van der Waals surface area contributed by atoms with E-state index in [1.165, 1.54) is 6.33 Å². The van der Waals surface area contributed by atoms with Gasteiger partial charge in [-0.25, -0.2) is 9.97 Å². The van der Waals surface area contributed by atoms with Crippen LogP contribution in [-0.2, 0) is 4.74 Å². The topological polar surface area (TPSA) is 106 Å². The first kappa shape index (κ1) is 14.9. The molecule has 0 radical (unpaired) electrons. The van der Waals surface area contributed by atoms with Crippen molar-refractivity contribution in [1.29, 1.82) is 0 Å². The van der Waals surface area contributed by atoms with Gasteiger partial charge in [0.05, 0.1) is 18.6 Å². The SMILES string of the molecule is C[C@H]1C[C@H](n2cc(I)c3c(N)ncnc32)OC1(CO)CO. The van der Waals surface area contributed by atoms with Crippen LogP contribution in [0.1, 0.15) is 19.6 Å². The quantitative estimate of drug-likeness (QED) is 0.657. The molecule has 1 aliphatic rings. The number of aromatic nitrogens is 3. The third-order valence-electron chi connectivity index (χ3n) is 4.26. The van der Waals surface area contributed by atoms with E-state index in [-0.39, 0.29) is 25.4 Å². The predicted molar refractivity (Wildman–Crippen MR) is 85.5 cm³/mol. The second-order valence-corrected chi connectivity index (χ2v) is 6.59. The number of anilines is 1. The van der Waals surface area contributed by atoms with Crippen LogP contribution in [0, 0.1) is 9.49 Å². The summed E-state index contributed by atoms with van der Waals surface area (Å²) in [6.07, 6.45) is 3.73. The van der Waals surface area contributed by atoms with Gasteiger partial charge in [-0.05, 0) is 34.9 Å². The maximum atomic E-state index is 9.57. The molecule has 1 aliphatic heterocycles. The number of nitrogen functional groups attached to an aromatic ring is 1. The number of nitrogens with two attached hydrogens (primary N) is 1. The lowest BCUT2D eigenvalue weighted by molar-refractivity contribution is -0.132. The summed E-state index contributed by atoms with van der Waals surface area (Å²) in [5.74, 6) is 0.469. The molecule has 0 unspecified atom stereocenters. The van der Waals surface area contributed by atoms with E-state index in [0.717, 1.165) is 8.96 Å². The zero-order valence-electron chi connectivity index (χ0n) is 11.5. The smallest absolute Gasteiger partial charge is 0.148 e. The normalized spacial score (nSPS) is 24.8. The molecule has 0 spiro atoms. The summed E-state index contributed by atoms with van der Waals surface area (Å²) < 4.78 is 8.81. The predicted octanol–water partition coefficient (Wildman–Crippen LogP) is 0.896. The Balaban J connectivity index is 2.05. The van der Waals surface area contributed by atoms with Gasteiger partial charge in [0.2, 0.25) is 0 Å². The molecule has 7 nitrogen and oxygen atoms in total. The van der Waals surface area contributed by atoms with Crippen LogP contribution < -0.4 is 5.73 Å². The summed E-state index contributed by atoms with van der Waals surface area (Å²) in [5.41, 5.74) is 5.70. The van der Waals surface area contributed by atoms with Gasteiger partial charge in [0.1, 0.15) is 29.6 Å². The Kier molecular flexibility index (Phi) is 3.80. The largest absolute Gasteiger partial charge is 0.393 e. The lowest BCUT2D eigenvalue weighted by atomic mass is 9.90. The fourth-order valence-electron chi connectivity index (χ4n) is 2.84. The number of aliphatic hydroxyl groups is 2. The molecule has 0 aromatic carbocycles. The summed E-state index contributed by atoms with van der Waals surface area (Å²) in [4.78, 5) is 8.31. The van der Waals surface area contributed by atoms with Crippen molar-refractivity contribution < 1.29 is 14.9 Å². The van der Waals surface area contributed by atoms with E-state index in [0.29, 0.717) is 17.9 Å². The van der Waals surface area contributed by atoms with E-state index in [9.17, 15) is 10.2 Å². The van der Waals surface area contributed by atoms with Crippen LogP contribution in [-0.4, -0.2) is 43.6 Å². The lowest BCUT2D eigenvalue weighted by Gasteiger charge is -2.28. The molecule has 21 heavy (non-hydrogen) atoms. The molecule has 3 heterocycles. The van der Waals surface area contributed by atoms with Gasteiger partial charge >= 0.3 is 0 Å². The van der Waals surface area contributed by atoms with Gasteiger partial charge < -0.3 is 25.3 Å². The van der Waals surface area contributed by atoms with E-state index in [1.54, 1.807) is 0 Å². The minimum atomic E-state index is -0.911. The number of fused-ring (bicyclic) bond motifs is 1. The Hall–Kier alpha value is -0.970. The maximum absolute atomic E-state index is 9.57. The average Bonchev–Trinajstić information content (AvgIpc) is 2.98. The standard InChI is InChI=1S/C13H17IN4O3/c1-7-2-9(21-13(7,4-19)5-20)18-3-8(14)10-11(15)16-6-17-12(10)18/h3,6-7,9,19-20H,2,4-5H2,1H3,(H2,15,16,17)/t7-,9+/m0/s1. The van der Waals surface area contributed by atoms with Gasteiger partial charge in [-0.3, -0.25) is 0 Å². The molecule has 0 amide bonds. The van der Waals surface area contributed by atoms with E-state index in [4.69, 9.17) is 10.5 Å². The third kappa shape index (κ3) is 2.20. The van der Waals surface area contributed by atoms with E-state index >= 15 is 0 Å². The van der Waals surface area contributed by atoms with Gasteiger partial charge in [0.15, 0.2) is 0 Å². The van der Waals surface area contributed by atoms with Crippen molar-refractivity contribution in [3.63, 3.8) is 0 Å². The van der Waals surface area contributed by atoms with Crippen LogP contribution in [0.5, 0.6) is 0 Å². The number of halogens is 1. The van der Waals surface area contributed by atoms with Crippen LogP contribution in [0.4, 0.5) is 5.82 Å². The summed E-state index contributed by atoms with van der Waals surface area (Å²) in [6, 6.07) is 0. The van der Waals surface area contributed by atoms with Crippen molar-refractivity contribution in [2.24, 2.45) is 5.92 Å². The number of hydrogen-bond donors (Lipinski definition) is 3. The third-order valence-corrected chi connectivity index (χ3v) is 5.08. The van der Waals surface area contributed by atoms with Crippen molar-refractivity contribution in [3.8, 4) is 0 Å². The molecule has 114 valence electrons. The van der Waals surface area contributed by atoms with E-state index < -0.39 is 5.60 Å². The molecular weight excluding hydrogens is 387 g/mol. The zero-order valence-corrected chi connectivity index (χ0v) is 13.7. The fraction of sp³-hybridized carbons (Fsp3) is 0.538. The van der Waals surface area contributed by atoms with E-state index in [1.807, 2.05) is 17.7 Å². The highest BCUT2D eigenvalue weighted by Gasteiger charge is 2.46. The van der Waals surface area contributed by atoms with Gasteiger partial charge in [-0.15, -0.1) is 0 Å². The summed E-state index contributed by atoms with van der Waals surface area (Å²) in [5, 5.41) is 20.0. The summed E-state index contributed by atoms with van der Waals surface area (Å²) >= 11 is 2.19. The Bertz CT molecular complexity index is 671. The molecule has 1 saturated heterocycles. The highest BCUT2D eigenvalue weighted by atomic mass is 127. The average molecular weight is 404 g/mol. The van der Waals surface area contributed by atoms with Crippen molar-refractivity contribution in [3.05, 3.63) is 16.1 Å². The number of aliphatic hydroxyl groups excluding tert-OH is 2. The highest BCUT2D eigenvalue weighted by Crippen LogP contribution is 2.42. The van der Waals surface area contributed by atoms with Crippen molar-refractivity contribution in [2.75, 3.05) is 18.9 Å². The van der Waals surface area contributed by atoms with Crippen LogP contribution >= 0.6 is 22.6 Å². The number of nitrogens with zero attached hydrogens (tertiary/aromatic N) is 3. The Labute approximate surface area is 135 Å². The molecular formula is C13H17IN4O3. The van der Waals surface area contributed by atoms with Gasteiger partial charge in [-0.1, -0.05) is 6.92 Å². The molecule has 1 fully saturated rings. The minimum Gasteiger partial charge on any atom is -0.393 e. The van der Waals surface area contributed by atoms with Crippen molar-refractivity contribution >= 4 is 39.4 Å². The maximum Gasteiger partial charge on any atom is 0.148 e. The molecule has 2 aromatic rings. The van der Waals surface area contributed by atoms with Gasteiger partial charge in [0, 0.05) is 9.77 Å². The van der Waals surface area contributed by atoms with Crippen LogP contribution in [0.25, 0.3) is 11.0 Å². The number of ether oxygens (including phenoxy) is 1. The lowest BCUT2D eigenvalue weighted by Crippen LogP contribution is -2.42. The number of hydrogen-bond acceptors (Lipinski definition) is 6. The first-order valence-electron chi connectivity index (χ1n) is 6.68. The summed E-state index contributed by atoms with van der Waals surface area (Å²) in [6.45, 7) is 1.54. The van der Waals surface area contributed by atoms with Crippen molar-refractivity contribution in [1.82, 2.24) is 14.5 Å². The Morgan fingerprint density at radius 2 is 2.19 bits per heavy atom. The van der Waals surface area contributed by atoms with Crippen LogP contribution in [0.15, 0.2) is 12.5 Å². The molecule has 2 atom stereocenters.